The van der Waals surface area contributed by atoms with Crippen molar-refractivity contribution in [1.29, 1.82) is 0 Å². The number of ether oxygens (including phenoxy) is 3. The predicted molar refractivity (Wildman–Crippen MR) is 170 cm³/mol. The second-order valence-electron chi connectivity index (χ2n) is 9.90. The van der Waals surface area contributed by atoms with Crippen LogP contribution in [0, 0.1) is 0 Å². The van der Waals surface area contributed by atoms with Crippen LogP contribution in [0.1, 0.15) is 15.9 Å². The minimum atomic E-state index is -4.55. The molecule has 45 heavy (non-hydrogen) atoms. The molecule has 0 saturated heterocycles. The number of esters is 1. The van der Waals surface area contributed by atoms with Crippen LogP contribution < -0.4 is 13.8 Å². The highest BCUT2D eigenvalue weighted by Gasteiger charge is 2.34. The number of carbonyl (C=O) groups is 2. The minimum Gasteiger partial charge on any atom is -0.497 e. The van der Waals surface area contributed by atoms with Gasteiger partial charge in [-0.3, -0.25) is 0 Å². The van der Waals surface area contributed by atoms with Crippen LogP contribution in [-0.2, 0) is 21.4 Å². The number of sulfonamides is 1. The molecule has 6 rings (SSSR count). The van der Waals surface area contributed by atoms with E-state index >= 15 is 0 Å². The average Bonchev–Trinajstić information content (AvgIpc) is 3.08. The summed E-state index contributed by atoms with van der Waals surface area (Å²) in [6.07, 6.45) is -1.16. The van der Waals surface area contributed by atoms with Gasteiger partial charge in [-0.2, -0.15) is 4.31 Å². The molecule has 0 aliphatic carbocycles. The maximum Gasteiger partial charge on any atom is 0.434 e. The van der Waals surface area contributed by atoms with Gasteiger partial charge in [0, 0.05) is 10.8 Å². The molecule has 1 amide bonds. The zero-order valence-electron chi connectivity index (χ0n) is 24.0. The van der Waals surface area contributed by atoms with E-state index in [1.165, 1.54) is 55.6 Å². The lowest BCUT2D eigenvalue weighted by Crippen LogP contribution is -2.39. The van der Waals surface area contributed by atoms with Crippen LogP contribution in [0.15, 0.2) is 132 Å². The first-order valence-electron chi connectivity index (χ1n) is 13.8. The van der Waals surface area contributed by atoms with Gasteiger partial charge >= 0.3 is 12.1 Å². The second-order valence-corrected chi connectivity index (χ2v) is 11.7. The number of hydrogen-bond acceptors (Lipinski definition) is 8. The van der Waals surface area contributed by atoms with Crippen LogP contribution in [0.3, 0.4) is 0 Å². The van der Waals surface area contributed by atoms with Crippen LogP contribution in [0.4, 0.5) is 10.5 Å². The standard InChI is InChI=1S/C35H26N2O7S/c1-42-27-19-17-26(18-20-27)37(35(39)44-33-29-11-5-7-13-31(29)36-32-14-8-6-12-30(32)33)45(40,41)28-21-15-25(16-22-28)34(38)43-23-24-9-3-2-4-10-24/h2-22H,23H2,1H3. The first-order valence-corrected chi connectivity index (χ1v) is 15.3. The van der Waals surface area contributed by atoms with Gasteiger partial charge < -0.3 is 14.2 Å². The molecule has 224 valence electrons. The second kappa shape index (κ2) is 12.5. The number of aromatic nitrogens is 1. The molecule has 0 aliphatic heterocycles. The summed E-state index contributed by atoms with van der Waals surface area (Å²) < 4.78 is 45.3. The molecule has 0 N–H and O–H groups in total. The Morgan fingerprint density at radius 2 is 1.29 bits per heavy atom. The number of rotatable bonds is 8. The fourth-order valence-corrected chi connectivity index (χ4v) is 6.10. The Balaban J connectivity index is 1.35. The Kier molecular flexibility index (Phi) is 8.13. The monoisotopic (exact) mass is 618 g/mol. The van der Waals surface area contributed by atoms with Crippen molar-refractivity contribution in [2.75, 3.05) is 11.4 Å². The molecule has 0 fully saturated rings. The molecule has 10 heteroatoms. The van der Waals surface area contributed by atoms with Gasteiger partial charge in [-0.1, -0.05) is 54.6 Å². The molecule has 9 nitrogen and oxygen atoms in total. The number of amides is 1. The number of pyridine rings is 1. The Morgan fingerprint density at radius 3 is 1.89 bits per heavy atom. The van der Waals surface area contributed by atoms with E-state index in [1.807, 2.05) is 42.5 Å². The number of methoxy groups -OCH3 is 1. The van der Waals surface area contributed by atoms with E-state index in [1.54, 1.807) is 36.4 Å². The van der Waals surface area contributed by atoms with Crippen LogP contribution in [0.25, 0.3) is 21.8 Å². The Labute approximate surface area is 259 Å². The average molecular weight is 619 g/mol. The first kappa shape index (κ1) is 29.3. The summed E-state index contributed by atoms with van der Waals surface area (Å²) in [4.78, 5) is 31.0. The highest BCUT2D eigenvalue weighted by Crippen LogP contribution is 2.35. The fourth-order valence-electron chi connectivity index (χ4n) is 4.77. The summed E-state index contributed by atoms with van der Waals surface area (Å²) in [6.45, 7) is 0.0647. The highest BCUT2D eigenvalue weighted by molar-refractivity contribution is 7.93. The molecule has 1 aromatic heterocycles. The van der Waals surface area contributed by atoms with Gasteiger partial charge in [0.25, 0.3) is 10.0 Å². The molecule has 1 heterocycles. The van der Waals surface area contributed by atoms with Gasteiger partial charge in [-0.25, -0.2) is 23.0 Å². The molecule has 0 saturated carbocycles. The Bertz CT molecular complexity index is 2060. The van der Waals surface area contributed by atoms with Crippen LogP contribution in [0.2, 0.25) is 0 Å². The van der Waals surface area contributed by atoms with Crippen molar-refractivity contribution in [2.45, 2.75) is 11.5 Å². The number of benzene rings is 5. The lowest BCUT2D eigenvalue weighted by atomic mass is 10.1. The molecule has 5 aromatic carbocycles. The van der Waals surface area contributed by atoms with Crippen molar-refractivity contribution in [3.05, 3.63) is 139 Å². The molecule has 0 radical (unpaired) electrons. The van der Waals surface area contributed by atoms with Crippen LogP contribution in [0.5, 0.6) is 11.5 Å². The zero-order chi connectivity index (χ0) is 31.4. The third-order valence-corrected chi connectivity index (χ3v) is 8.75. The van der Waals surface area contributed by atoms with Crippen LogP contribution in [-0.4, -0.2) is 32.6 Å². The van der Waals surface area contributed by atoms with Crippen LogP contribution >= 0.6 is 0 Å². The summed E-state index contributed by atoms with van der Waals surface area (Å²) in [7, 11) is -3.07. The van der Waals surface area contributed by atoms with E-state index < -0.39 is 22.1 Å². The summed E-state index contributed by atoms with van der Waals surface area (Å²) in [6, 6.07) is 34.5. The quantitative estimate of drug-likeness (QED) is 0.131. The SMILES string of the molecule is COc1ccc(N(C(=O)Oc2c3ccccc3nc3ccccc23)S(=O)(=O)c2ccc(C(=O)OCc3ccccc3)cc2)cc1. The van der Waals surface area contributed by atoms with Crippen molar-refractivity contribution < 1.29 is 32.2 Å². The normalized spacial score (nSPS) is 11.2. The lowest BCUT2D eigenvalue weighted by Gasteiger charge is -2.23. The molecular formula is C35H26N2O7S. The molecular weight excluding hydrogens is 592 g/mol. The fraction of sp³-hybridized carbons (Fsp3) is 0.0571. The first-order chi connectivity index (χ1) is 21.8. The molecule has 0 unspecified atom stereocenters. The van der Waals surface area contributed by atoms with Gasteiger partial charge in [0.1, 0.15) is 12.4 Å². The molecule has 0 aliphatic rings. The van der Waals surface area contributed by atoms with Crippen molar-refractivity contribution in [1.82, 2.24) is 4.98 Å². The largest absolute Gasteiger partial charge is 0.497 e. The minimum absolute atomic E-state index is 0.0230. The number of fused-ring (bicyclic) bond motifs is 2. The van der Waals surface area contributed by atoms with Gasteiger partial charge in [0.15, 0.2) is 5.75 Å². The third kappa shape index (κ3) is 6.04. The number of carbonyl (C=O) groups excluding carboxylic acids is 2. The van der Waals surface area contributed by atoms with E-state index in [0.29, 0.717) is 31.9 Å². The van der Waals surface area contributed by atoms with E-state index in [0.717, 1.165) is 5.56 Å². The van der Waals surface area contributed by atoms with Crippen molar-refractivity contribution >= 4 is 49.6 Å². The Hall–Kier alpha value is -5.74. The molecule has 0 bridgehead atoms. The van der Waals surface area contributed by atoms with E-state index in [9.17, 15) is 18.0 Å². The summed E-state index contributed by atoms with van der Waals surface area (Å²) >= 11 is 0. The van der Waals surface area contributed by atoms with Gasteiger partial charge in [0.2, 0.25) is 0 Å². The topological polar surface area (TPSA) is 112 Å². The lowest BCUT2D eigenvalue weighted by molar-refractivity contribution is 0.0472. The number of nitrogens with zero attached hydrogens (tertiary/aromatic N) is 2. The highest BCUT2D eigenvalue weighted by atomic mass is 32.2. The summed E-state index contributed by atoms with van der Waals surface area (Å²) in [5.41, 5.74) is 2.14. The van der Waals surface area contributed by atoms with E-state index in [-0.39, 0.29) is 28.5 Å². The number of hydrogen-bond donors (Lipinski definition) is 0. The smallest absolute Gasteiger partial charge is 0.434 e. The van der Waals surface area contributed by atoms with Gasteiger partial charge in [-0.05, 0) is 78.4 Å². The van der Waals surface area contributed by atoms with E-state index in [2.05, 4.69) is 4.98 Å². The number of anilines is 1. The molecule has 0 atom stereocenters. The number of para-hydroxylation sites is 2. The van der Waals surface area contributed by atoms with Crippen molar-refractivity contribution in [3.8, 4) is 11.5 Å². The predicted octanol–water partition coefficient (Wildman–Crippen LogP) is 7.15. The van der Waals surface area contributed by atoms with Crippen molar-refractivity contribution in [3.63, 3.8) is 0 Å². The third-order valence-electron chi connectivity index (χ3n) is 7.04. The summed E-state index contributed by atoms with van der Waals surface area (Å²) in [5, 5.41) is 1.07. The maximum atomic E-state index is 14.1. The van der Waals surface area contributed by atoms with Gasteiger partial charge in [-0.15, -0.1) is 0 Å². The zero-order valence-corrected chi connectivity index (χ0v) is 24.8. The Morgan fingerprint density at radius 1 is 0.711 bits per heavy atom. The summed E-state index contributed by atoms with van der Waals surface area (Å²) in [5.74, 6) is 0.0195. The van der Waals surface area contributed by atoms with Gasteiger partial charge in [0.05, 0.1) is 34.3 Å². The van der Waals surface area contributed by atoms with Crippen molar-refractivity contribution in [2.24, 2.45) is 0 Å². The molecule has 6 aromatic rings. The maximum absolute atomic E-state index is 14.1. The molecule has 0 spiro atoms. The van der Waals surface area contributed by atoms with E-state index in [4.69, 9.17) is 14.2 Å².